The highest BCUT2D eigenvalue weighted by Crippen LogP contribution is 2.35. The fraction of sp³-hybridized carbons (Fsp3) is 1.00. The van der Waals surface area contributed by atoms with Crippen molar-refractivity contribution in [1.82, 2.24) is 5.32 Å². The van der Waals surface area contributed by atoms with Crippen LogP contribution in [0.25, 0.3) is 0 Å². The van der Waals surface area contributed by atoms with Crippen LogP contribution >= 0.6 is 0 Å². The zero-order valence-corrected chi connectivity index (χ0v) is 5.27. The van der Waals surface area contributed by atoms with E-state index in [0.717, 1.165) is 0 Å². The van der Waals surface area contributed by atoms with Gasteiger partial charge in [-0.3, -0.25) is 0 Å². The molecule has 6 heteroatoms. The van der Waals surface area contributed by atoms with Crippen LogP contribution in [0.5, 0.6) is 0 Å². The Morgan fingerprint density at radius 1 is 1.44 bits per heavy atom. The Kier molecular flexibility index (Phi) is 0.803. The molecular weight excluding hydrogens is 146 g/mol. The normalized spacial score (nSPS) is 35.1. The van der Waals surface area contributed by atoms with E-state index >= 15 is 0 Å². The molecule has 0 aromatic rings. The molecule has 0 atom stereocenters. The number of nitrogens with one attached hydrogen (secondary N) is 1. The molecule has 52 valence electrons. The van der Waals surface area contributed by atoms with E-state index in [-0.39, 0.29) is 5.75 Å². The van der Waals surface area contributed by atoms with Crippen LogP contribution < -0.4 is 5.32 Å². The van der Waals surface area contributed by atoms with Gasteiger partial charge in [0.25, 0.3) is 0 Å². The molecule has 0 unspecified atom stereocenters. The standard InChI is InChI=1S/C3H5NO4S/c5-9(6)2-1-4-3(9)7-8-3/h4H,1-2H2. The highest BCUT2D eigenvalue weighted by Gasteiger charge is 2.64. The Labute approximate surface area is 51.8 Å². The summed E-state index contributed by atoms with van der Waals surface area (Å²) >= 11 is 0. The van der Waals surface area contributed by atoms with Crippen LogP contribution in [0.15, 0.2) is 0 Å². The minimum Gasteiger partial charge on any atom is -0.247 e. The molecule has 0 aromatic carbocycles. The lowest BCUT2D eigenvalue weighted by Crippen LogP contribution is -2.30. The Morgan fingerprint density at radius 3 is 2.33 bits per heavy atom. The Morgan fingerprint density at radius 2 is 2.11 bits per heavy atom. The van der Waals surface area contributed by atoms with E-state index < -0.39 is 15.1 Å². The Bertz CT molecular complexity index is 228. The van der Waals surface area contributed by atoms with E-state index in [1.54, 1.807) is 0 Å². The molecule has 5 nitrogen and oxygen atoms in total. The number of sulfone groups is 1. The summed E-state index contributed by atoms with van der Waals surface area (Å²) in [6, 6.07) is 0. The van der Waals surface area contributed by atoms with Crippen molar-refractivity contribution < 1.29 is 18.2 Å². The third-order valence-corrected chi connectivity index (χ3v) is 3.20. The summed E-state index contributed by atoms with van der Waals surface area (Å²) in [7, 11) is -3.17. The quantitative estimate of drug-likeness (QED) is 0.340. The van der Waals surface area contributed by atoms with Crippen molar-refractivity contribution in [2.24, 2.45) is 0 Å². The van der Waals surface area contributed by atoms with E-state index in [1.165, 1.54) is 0 Å². The molecule has 1 N–H and O–H groups in total. The summed E-state index contributed by atoms with van der Waals surface area (Å²) in [6.45, 7) is 0.405. The summed E-state index contributed by atoms with van der Waals surface area (Å²) in [4.78, 5) is 8.55. The van der Waals surface area contributed by atoms with Gasteiger partial charge in [-0.2, -0.15) is 9.78 Å². The lowest BCUT2D eigenvalue weighted by molar-refractivity contribution is 0.0850. The predicted molar refractivity (Wildman–Crippen MR) is 26.7 cm³/mol. The van der Waals surface area contributed by atoms with Gasteiger partial charge in [0.05, 0.1) is 5.75 Å². The van der Waals surface area contributed by atoms with Crippen LogP contribution in [0, 0.1) is 0 Å². The van der Waals surface area contributed by atoms with Gasteiger partial charge in [0.1, 0.15) is 0 Å². The molecule has 9 heavy (non-hydrogen) atoms. The van der Waals surface area contributed by atoms with Gasteiger partial charge < -0.3 is 0 Å². The lowest BCUT2D eigenvalue weighted by atomic mass is 10.8. The third-order valence-electron chi connectivity index (χ3n) is 1.36. The maximum absolute atomic E-state index is 10.8. The second-order valence-corrected chi connectivity index (χ2v) is 4.14. The van der Waals surface area contributed by atoms with Crippen LogP contribution in [0.1, 0.15) is 0 Å². The van der Waals surface area contributed by atoms with E-state index in [9.17, 15) is 8.42 Å². The SMILES string of the molecule is O=S1(=O)CCNC12OO2. The van der Waals surface area contributed by atoms with Gasteiger partial charge in [0, 0.05) is 6.54 Å². The maximum atomic E-state index is 10.8. The van der Waals surface area contributed by atoms with Crippen LogP contribution in [0.4, 0.5) is 0 Å². The minimum absolute atomic E-state index is 0.0903. The molecule has 2 fully saturated rings. The molecular formula is C3H5NO4S. The van der Waals surface area contributed by atoms with Crippen molar-refractivity contribution in [3.05, 3.63) is 0 Å². The minimum atomic E-state index is -3.17. The molecule has 2 aliphatic rings. The van der Waals surface area contributed by atoms with Crippen molar-refractivity contribution in [1.29, 1.82) is 0 Å². The van der Waals surface area contributed by atoms with Crippen molar-refractivity contribution in [2.75, 3.05) is 12.3 Å². The molecule has 0 bridgehead atoms. The highest BCUT2D eigenvalue weighted by atomic mass is 32.2. The predicted octanol–water partition coefficient (Wildman–Crippen LogP) is -1.42. The van der Waals surface area contributed by atoms with Gasteiger partial charge in [0.15, 0.2) is 0 Å². The van der Waals surface area contributed by atoms with Crippen LogP contribution in [-0.4, -0.2) is 26.0 Å². The van der Waals surface area contributed by atoms with Gasteiger partial charge in [-0.25, -0.2) is 13.7 Å². The van der Waals surface area contributed by atoms with Crippen LogP contribution in [0.3, 0.4) is 0 Å². The first kappa shape index (κ1) is 5.60. The van der Waals surface area contributed by atoms with Gasteiger partial charge in [-0.15, -0.1) is 0 Å². The topological polar surface area (TPSA) is 71.2 Å². The summed E-state index contributed by atoms with van der Waals surface area (Å²) in [6.07, 6.45) is 0. The van der Waals surface area contributed by atoms with Crippen molar-refractivity contribution in [2.45, 2.75) is 5.24 Å². The average Bonchev–Trinajstić information content (AvgIpc) is 2.41. The third kappa shape index (κ3) is 0.558. The fourth-order valence-corrected chi connectivity index (χ4v) is 1.99. The largest absolute Gasteiger partial charge is 0.389 e. The summed E-state index contributed by atoms with van der Waals surface area (Å²) in [5, 5.41) is 1.13. The summed E-state index contributed by atoms with van der Waals surface area (Å²) < 4.78 is 21.7. The Balaban J connectivity index is 2.45. The maximum Gasteiger partial charge on any atom is 0.389 e. The highest BCUT2D eigenvalue weighted by molar-refractivity contribution is 7.92. The van der Waals surface area contributed by atoms with Gasteiger partial charge in [-0.05, 0) is 0 Å². The first-order valence-electron chi connectivity index (χ1n) is 2.50. The van der Waals surface area contributed by atoms with Crippen molar-refractivity contribution in [3.63, 3.8) is 0 Å². The second kappa shape index (κ2) is 1.29. The second-order valence-electron chi connectivity index (χ2n) is 1.97. The fourth-order valence-electron chi connectivity index (χ4n) is 0.783. The number of rotatable bonds is 0. The van der Waals surface area contributed by atoms with Gasteiger partial charge in [-0.1, -0.05) is 0 Å². The molecule has 2 heterocycles. The van der Waals surface area contributed by atoms with Gasteiger partial charge in [0.2, 0.25) is 9.84 Å². The lowest BCUT2D eigenvalue weighted by Gasteiger charge is -1.91. The summed E-state index contributed by atoms with van der Waals surface area (Å²) in [5.74, 6) is 0.0903. The van der Waals surface area contributed by atoms with Crippen molar-refractivity contribution in [3.8, 4) is 0 Å². The van der Waals surface area contributed by atoms with Crippen molar-refractivity contribution >= 4 is 9.84 Å². The van der Waals surface area contributed by atoms with E-state index in [4.69, 9.17) is 0 Å². The summed E-state index contributed by atoms with van der Waals surface area (Å²) in [5.41, 5.74) is 0. The van der Waals surface area contributed by atoms with Gasteiger partial charge >= 0.3 is 5.24 Å². The molecule has 2 saturated heterocycles. The number of hydrogen-bond donors (Lipinski definition) is 1. The molecule has 0 aliphatic carbocycles. The smallest absolute Gasteiger partial charge is 0.247 e. The zero-order valence-electron chi connectivity index (χ0n) is 4.46. The molecule has 1 spiro atoms. The Hall–Kier alpha value is -0.170. The average molecular weight is 151 g/mol. The van der Waals surface area contributed by atoms with Crippen LogP contribution in [0.2, 0.25) is 0 Å². The first-order valence-corrected chi connectivity index (χ1v) is 4.16. The molecule has 0 amide bonds. The molecule has 0 aromatic heterocycles. The van der Waals surface area contributed by atoms with Crippen LogP contribution in [-0.2, 0) is 19.6 Å². The first-order chi connectivity index (χ1) is 4.16. The van der Waals surface area contributed by atoms with E-state index in [1.807, 2.05) is 0 Å². The monoisotopic (exact) mass is 151 g/mol. The number of hydrogen-bond acceptors (Lipinski definition) is 5. The molecule has 2 aliphatic heterocycles. The zero-order chi connectivity index (χ0) is 6.54. The molecule has 0 radical (unpaired) electrons. The van der Waals surface area contributed by atoms with E-state index in [0.29, 0.717) is 6.54 Å². The molecule has 0 saturated carbocycles. The molecule has 2 rings (SSSR count). The van der Waals surface area contributed by atoms with E-state index in [2.05, 4.69) is 15.1 Å².